The summed E-state index contributed by atoms with van der Waals surface area (Å²) in [4.78, 5) is 0. The standard InChI is InChI=1S/C26H43F4OP/c1-16-2-4-17(5-3-16)18-6-8-19(9-7-18)20-10-12-21(13-11-20)26(29,30)31-22-14-23(27)25(28)24(32)15-22/h16-25H,2-15,32H2,1H3. The quantitative estimate of drug-likeness (QED) is 0.286. The molecule has 186 valence electrons. The second kappa shape index (κ2) is 10.8. The Labute approximate surface area is 194 Å². The van der Waals surface area contributed by atoms with Crippen molar-refractivity contribution < 1.29 is 22.3 Å². The molecule has 0 bridgehead atoms. The lowest BCUT2D eigenvalue weighted by Crippen LogP contribution is -2.45. The lowest BCUT2D eigenvalue weighted by Gasteiger charge is -2.42. The Balaban J connectivity index is 1.20. The molecule has 0 radical (unpaired) electrons. The van der Waals surface area contributed by atoms with Crippen molar-refractivity contribution >= 4 is 9.24 Å². The second-order valence-electron chi connectivity index (χ2n) is 11.7. The predicted octanol–water partition coefficient (Wildman–Crippen LogP) is 8.12. The van der Waals surface area contributed by atoms with Crippen molar-refractivity contribution in [3.05, 3.63) is 0 Å². The first-order valence-corrected chi connectivity index (χ1v) is 14.0. The summed E-state index contributed by atoms with van der Waals surface area (Å²) in [6, 6.07) is 0. The molecule has 0 aromatic carbocycles. The van der Waals surface area contributed by atoms with E-state index in [9.17, 15) is 17.6 Å². The maximum atomic E-state index is 14.9. The highest BCUT2D eigenvalue weighted by Gasteiger charge is 2.48. The molecule has 4 rings (SSSR count). The summed E-state index contributed by atoms with van der Waals surface area (Å²) < 4.78 is 62.3. The fourth-order valence-corrected chi connectivity index (χ4v) is 7.91. The fraction of sp³-hybridized carbons (Fsp3) is 1.00. The van der Waals surface area contributed by atoms with Crippen LogP contribution in [0.25, 0.3) is 0 Å². The summed E-state index contributed by atoms with van der Waals surface area (Å²) in [7, 11) is 2.25. The van der Waals surface area contributed by atoms with Gasteiger partial charge in [0.25, 0.3) is 0 Å². The van der Waals surface area contributed by atoms with Crippen LogP contribution >= 0.6 is 9.24 Å². The van der Waals surface area contributed by atoms with Crippen molar-refractivity contribution in [3.8, 4) is 0 Å². The third-order valence-electron chi connectivity index (χ3n) is 9.56. The number of hydrogen-bond acceptors (Lipinski definition) is 1. The Kier molecular flexibility index (Phi) is 8.51. The van der Waals surface area contributed by atoms with Gasteiger partial charge in [-0.05, 0) is 100 Å². The Hall–Kier alpha value is 0.110. The van der Waals surface area contributed by atoms with Crippen LogP contribution < -0.4 is 0 Å². The molecular formula is C26H43F4OP. The Morgan fingerprint density at radius 2 is 1.12 bits per heavy atom. The van der Waals surface area contributed by atoms with Gasteiger partial charge < -0.3 is 4.74 Å². The summed E-state index contributed by atoms with van der Waals surface area (Å²) in [6.45, 7) is 2.38. The van der Waals surface area contributed by atoms with Gasteiger partial charge in [0.1, 0.15) is 12.3 Å². The van der Waals surface area contributed by atoms with Crippen LogP contribution in [0.1, 0.15) is 96.8 Å². The highest BCUT2D eigenvalue weighted by molar-refractivity contribution is 7.17. The number of rotatable bonds is 5. The molecule has 4 aliphatic carbocycles. The largest absolute Gasteiger partial charge is 0.358 e. The molecule has 0 N–H and O–H groups in total. The van der Waals surface area contributed by atoms with Crippen LogP contribution in [-0.4, -0.2) is 30.2 Å². The molecule has 5 unspecified atom stereocenters. The molecular weight excluding hydrogens is 435 g/mol. The van der Waals surface area contributed by atoms with Crippen LogP contribution in [0.15, 0.2) is 0 Å². The van der Waals surface area contributed by atoms with Crippen LogP contribution in [0.3, 0.4) is 0 Å². The molecule has 1 nitrogen and oxygen atoms in total. The van der Waals surface area contributed by atoms with Gasteiger partial charge in [-0.2, -0.15) is 8.78 Å². The van der Waals surface area contributed by atoms with Gasteiger partial charge in [-0.1, -0.05) is 19.8 Å². The van der Waals surface area contributed by atoms with E-state index in [-0.39, 0.29) is 12.8 Å². The third-order valence-corrected chi connectivity index (χ3v) is 10.2. The van der Waals surface area contributed by atoms with E-state index in [0.717, 1.165) is 30.6 Å². The maximum absolute atomic E-state index is 14.9. The topological polar surface area (TPSA) is 9.23 Å². The Bertz CT molecular complexity index is 568. The van der Waals surface area contributed by atoms with Crippen LogP contribution in [0.4, 0.5) is 17.6 Å². The fourth-order valence-electron chi connectivity index (χ4n) is 7.37. The summed E-state index contributed by atoms with van der Waals surface area (Å²) in [5.41, 5.74) is -0.651. The van der Waals surface area contributed by atoms with Gasteiger partial charge in [-0.3, -0.25) is 0 Å². The minimum absolute atomic E-state index is 0.139. The molecule has 5 atom stereocenters. The van der Waals surface area contributed by atoms with E-state index in [1.165, 1.54) is 51.4 Å². The zero-order chi connectivity index (χ0) is 22.9. The molecule has 32 heavy (non-hydrogen) atoms. The van der Waals surface area contributed by atoms with E-state index < -0.39 is 36.1 Å². The average Bonchev–Trinajstić information content (AvgIpc) is 2.78. The van der Waals surface area contributed by atoms with Crippen molar-refractivity contribution in [2.45, 2.75) is 127 Å². The summed E-state index contributed by atoms with van der Waals surface area (Å²) >= 11 is 0. The molecule has 4 fully saturated rings. The minimum atomic E-state index is -3.24. The molecule has 6 heteroatoms. The summed E-state index contributed by atoms with van der Waals surface area (Å²) in [6.07, 6.45) is 5.94. The molecule has 0 spiro atoms. The van der Waals surface area contributed by atoms with E-state index >= 15 is 0 Å². The van der Waals surface area contributed by atoms with Crippen molar-refractivity contribution in [1.29, 1.82) is 0 Å². The lowest BCUT2D eigenvalue weighted by atomic mass is 9.65. The Morgan fingerprint density at radius 1 is 0.688 bits per heavy atom. The molecule has 0 saturated heterocycles. The predicted molar refractivity (Wildman–Crippen MR) is 124 cm³/mol. The molecule has 0 amide bonds. The van der Waals surface area contributed by atoms with Crippen LogP contribution in [-0.2, 0) is 4.74 Å². The second-order valence-corrected chi connectivity index (χ2v) is 12.6. The average molecular weight is 479 g/mol. The van der Waals surface area contributed by atoms with Crippen LogP contribution in [0, 0.1) is 35.5 Å². The van der Waals surface area contributed by atoms with E-state index in [2.05, 4.69) is 16.2 Å². The first kappa shape index (κ1) is 25.2. The SMILES string of the molecule is CC1CCC(C2CCC(C3CCC(C(F)(F)OC4CC(F)C(F)C(P)C4)CC3)CC2)CC1. The molecule has 0 heterocycles. The van der Waals surface area contributed by atoms with E-state index in [0.29, 0.717) is 24.7 Å². The van der Waals surface area contributed by atoms with Gasteiger partial charge in [0, 0.05) is 12.1 Å². The van der Waals surface area contributed by atoms with Gasteiger partial charge >= 0.3 is 6.11 Å². The first-order chi connectivity index (χ1) is 15.2. The highest BCUT2D eigenvalue weighted by atomic mass is 31.0. The van der Waals surface area contributed by atoms with Gasteiger partial charge in [-0.25, -0.2) is 8.78 Å². The third kappa shape index (κ3) is 6.02. The van der Waals surface area contributed by atoms with E-state index in [1.807, 2.05) is 0 Å². The zero-order valence-corrected chi connectivity index (χ0v) is 20.8. The Morgan fingerprint density at radius 3 is 1.59 bits per heavy atom. The molecule has 0 aromatic heterocycles. The monoisotopic (exact) mass is 478 g/mol. The van der Waals surface area contributed by atoms with Gasteiger partial charge in [0.05, 0.1) is 12.0 Å². The van der Waals surface area contributed by atoms with Crippen molar-refractivity contribution in [3.63, 3.8) is 0 Å². The van der Waals surface area contributed by atoms with Gasteiger partial charge in [0.2, 0.25) is 0 Å². The number of ether oxygens (including phenoxy) is 1. The van der Waals surface area contributed by atoms with Gasteiger partial charge in [0.15, 0.2) is 0 Å². The summed E-state index contributed by atoms with van der Waals surface area (Å²) in [5, 5.41) is 0. The lowest BCUT2D eigenvalue weighted by molar-refractivity contribution is -0.304. The number of halogens is 4. The van der Waals surface area contributed by atoms with Gasteiger partial charge in [-0.15, -0.1) is 9.24 Å². The van der Waals surface area contributed by atoms with E-state index in [1.54, 1.807) is 0 Å². The van der Waals surface area contributed by atoms with Crippen molar-refractivity contribution in [2.24, 2.45) is 35.5 Å². The molecule has 0 aliphatic heterocycles. The van der Waals surface area contributed by atoms with Crippen LogP contribution in [0.2, 0.25) is 0 Å². The molecule has 0 aromatic rings. The smallest absolute Gasteiger partial charge is 0.317 e. The van der Waals surface area contributed by atoms with Crippen LogP contribution in [0.5, 0.6) is 0 Å². The van der Waals surface area contributed by atoms with Crippen molar-refractivity contribution in [2.75, 3.05) is 0 Å². The highest BCUT2D eigenvalue weighted by Crippen LogP contribution is 2.48. The number of alkyl halides is 4. The minimum Gasteiger partial charge on any atom is -0.317 e. The normalized spacial score (nSPS) is 46.7. The number of hydrogen-bond donors (Lipinski definition) is 0. The maximum Gasteiger partial charge on any atom is 0.358 e. The van der Waals surface area contributed by atoms with E-state index in [4.69, 9.17) is 4.74 Å². The molecule has 4 saturated carbocycles. The first-order valence-electron chi connectivity index (χ1n) is 13.3. The summed E-state index contributed by atoms with van der Waals surface area (Å²) in [5.74, 6) is 3.21. The van der Waals surface area contributed by atoms with Crippen molar-refractivity contribution in [1.82, 2.24) is 0 Å². The zero-order valence-electron chi connectivity index (χ0n) is 19.7. The molecule has 4 aliphatic rings.